The number of hydrogen-bond donors (Lipinski definition) is 1. The minimum atomic E-state index is 0.605. The SMILES string of the molecule is CCOc1ccc(CN2CCc3nc(Nc4ccccc4OC)ncc3C2)cc1. The Morgan fingerprint density at radius 3 is 2.72 bits per heavy atom. The number of ether oxygens (including phenoxy) is 2. The van der Waals surface area contributed by atoms with E-state index in [0.29, 0.717) is 12.6 Å². The number of rotatable bonds is 7. The summed E-state index contributed by atoms with van der Waals surface area (Å²) in [6, 6.07) is 16.1. The van der Waals surface area contributed by atoms with E-state index in [1.165, 1.54) is 11.1 Å². The maximum atomic E-state index is 5.52. The van der Waals surface area contributed by atoms with Gasteiger partial charge >= 0.3 is 0 Å². The molecule has 0 saturated heterocycles. The maximum Gasteiger partial charge on any atom is 0.227 e. The number of benzene rings is 2. The van der Waals surface area contributed by atoms with Gasteiger partial charge in [-0.05, 0) is 36.8 Å². The summed E-state index contributed by atoms with van der Waals surface area (Å²) in [5.41, 5.74) is 4.45. The molecule has 3 aromatic rings. The second-order valence-corrected chi connectivity index (χ2v) is 7.03. The smallest absolute Gasteiger partial charge is 0.227 e. The van der Waals surface area contributed by atoms with Crippen molar-refractivity contribution in [2.75, 3.05) is 25.6 Å². The van der Waals surface area contributed by atoms with Gasteiger partial charge in [-0.2, -0.15) is 0 Å². The Balaban J connectivity index is 1.41. The Morgan fingerprint density at radius 2 is 1.93 bits per heavy atom. The van der Waals surface area contributed by atoms with Crippen LogP contribution in [0.15, 0.2) is 54.7 Å². The number of para-hydroxylation sites is 2. The molecular weight excluding hydrogens is 364 g/mol. The van der Waals surface area contributed by atoms with Crippen molar-refractivity contribution in [1.29, 1.82) is 0 Å². The molecule has 6 heteroatoms. The zero-order chi connectivity index (χ0) is 20.1. The zero-order valence-corrected chi connectivity index (χ0v) is 16.9. The standard InChI is InChI=1S/C23H26N4O2/c1-3-29-19-10-8-17(9-11-19)15-27-13-12-20-18(16-27)14-24-23(25-20)26-21-6-4-5-7-22(21)28-2/h4-11,14H,3,12-13,15-16H2,1-2H3,(H,24,25,26). The molecule has 0 bridgehead atoms. The molecular formula is C23H26N4O2. The number of aromatic nitrogens is 2. The monoisotopic (exact) mass is 390 g/mol. The average molecular weight is 390 g/mol. The van der Waals surface area contributed by atoms with Gasteiger partial charge in [0.25, 0.3) is 0 Å². The number of fused-ring (bicyclic) bond motifs is 1. The average Bonchev–Trinajstić information content (AvgIpc) is 2.76. The van der Waals surface area contributed by atoms with Crippen LogP contribution in [0.4, 0.5) is 11.6 Å². The molecule has 0 spiro atoms. The minimum Gasteiger partial charge on any atom is -0.495 e. The lowest BCUT2D eigenvalue weighted by Gasteiger charge is -2.28. The maximum absolute atomic E-state index is 5.52. The van der Waals surface area contributed by atoms with Gasteiger partial charge in [-0.15, -0.1) is 0 Å². The Morgan fingerprint density at radius 1 is 1.10 bits per heavy atom. The van der Waals surface area contributed by atoms with E-state index in [9.17, 15) is 0 Å². The summed E-state index contributed by atoms with van der Waals surface area (Å²) in [5.74, 6) is 2.30. The van der Waals surface area contributed by atoms with E-state index in [0.717, 1.165) is 48.9 Å². The third-order valence-electron chi connectivity index (χ3n) is 5.01. The van der Waals surface area contributed by atoms with Gasteiger partial charge in [0, 0.05) is 37.8 Å². The first-order valence-corrected chi connectivity index (χ1v) is 9.94. The van der Waals surface area contributed by atoms with E-state index in [4.69, 9.17) is 14.5 Å². The van der Waals surface area contributed by atoms with E-state index in [1.54, 1.807) is 7.11 Å². The first-order valence-electron chi connectivity index (χ1n) is 9.94. The van der Waals surface area contributed by atoms with Crippen LogP contribution in [0.2, 0.25) is 0 Å². The summed E-state index contributed by atoms with van der Waals surface area (Å²) in [7, 11) is 1.66. The summed E-state index contributed by atoms with van der Waals surface area (Å²) < 4.78 is 10.9. The van der Waals surface area contributed by atoms with Crippen LogP contribution in [0.5, 0.6) is 11.5 Å². The molecule has 0 saturated carbocycles. The second-order valence-electron chi connectivity index (χ2n) is 7.03. The van der Waals surface area contributed by atoms with Gasteiger partial charge in [-0.3, -0.25) is 4.90 Å². The van der Waals surface area contributed by atoms with Crippen LogP contribution in [0.25, 0.3) is 0 Å². The van der Waals surface area contributed by atoms with Gasteiger partial charge in [0.05, 0.1) is 25.1 Å². The topological polar surface area (TPSA) is 59.5 Å². The molecule has 1 aliphatic rings. The number of methoxy groups -OCH3 is 1. The first kappa shape index (κ1) is 19.2. The van der Waals surface area contributed by atoms with Crippen molar-refractivity contribution in [3.63, 3.8) is 0 Å². The first-order chi connectivity index (χ1) is 14.2. The van der Waals surface area contributed by atoms with Crippen molar-refractivity contribution < 1.29 is 9.47 Å². The van der Waals surface area contributed by atoms with Gasteiger partial charge in [0.2, 0.25) is 5.95 Å². The fourth-order valence-electron chi connectivity index (χ4n) is 3.55. The van der Waals surface area contributed by atoms with E-state index < -0.39 is 0 Å². The molecule has 150 valence electrons. The highest BCUT2D eigenvalue weighted by molar-refractivity contribution is 5.62. The Hall–Kier alpha value is -3.12. The lowest BCUT2D eigenvalue weighted by Crippen LogP contribution is -2.31. The van der Waals surface area contributed by atoms with E-state index in [2.05, 4.69) is 27.3 Å². The van der Waals surface area contributed by atoms with Crippen LogP contribution < -0.4 is 14.8 Å². The fourth-order valence-corrected chi connectivity index (χ4v) is 3.55. The molecule has 4 rings (SSSR count). The molecule has 1 aromatic heterocycles. The molecule has 0 amide bonds. The molecule has 0 unspecified atom stereocenters. The molecule has 0 aliphatic carbocycles. The third-order valence-corrected chi connectivity index (χ3v) is 5.01. The Kier molecular flexibility index (Phi) is 5.91. The molecule has 2 aromatic carbocycles. The highest BCUT2D eigenvalue weighted by Crippen LogP contribution is 2.27. The molecule has 6 nitrogen and oxygen atoms in total. The predicted octanol–water partition coefficient (Wildman–Crippen LogP) is 4.19. The molecule has 0 radical (unpaired) electrons. The summed E-state index contributed by atoms with van der Waals surface area (Å²) >= 11 is 0. The lowest BCUT2D eigenvalue weighted by molar-refractivity contribution is 0.243. The van der Waals surface area contributed by atoms with E-state index >= 15 is 0 Å². The molecule has 1 aliphatic heterocycles. The van der Waals surface area contributed by atoms with Gasteiger partial charge in [-0.25, -0.2) is 9.97 Å². The Labute approximate surface area is 171 Å². The Bertz CT molecular complexity index is 959. The van der Waals surface area contributed by atoms with Gasteiger partial charge < -0.3 is 14.8 Å². The number of hydrogen-bond acceptors (Lipinski definition) is 6. The fraction of sp³-hybridized carbons (Fsp3) is 0.304. The van der Waals surface area contributed by atoms with Gasteiger partial charge in [-0.1, -0.05) is 24.3 Å². The summed E-state index contributed by atoms with van der Waals surface area (Å²) in [6.45, 7) is 5.43. The predicted molar refractivity (Wildman–Crippen MR) is 114 cm³/mol. The van der Waals surface area contributed by atoms with Gasteiger partial charge in [0.1, 0.15) is 11.5 Å². The van der Waals surface area contributed by atoms with Crippen molar-refractivity contribution in [2.45, 2.75) is 26.4 Å². The highest BCUT2D eigenvalue weighted by atomic mass is 16.5. The number of anilines is 2. The summed E-state index contributed by atoms with van der Waals surface area (Å²) in [4.78, 5) is 11.7. The van der Waals surface area contributed by atoms with E-state index in [-0.39, 0.29) is 0 Å². The zero-order valence-electron chi connectivity index (χ0n) is 16.9. The number of nitrogens with zero attached hydrogens (tertiary/aromatic N) is 3. The van der Waals surface area contributed by atoms with Crippen molar-refractivity contribution >= 4 is 11.6 Å². The van der Waals surface area contributed by atoms with Gasteiger partial charge in [0.15, 0.2) is 0 Å². The number of nitrogens with one attached hydrogen (secondary N) is 1. The van der Waals surface area contributed by atoms with Crippen LogP contribution in [0.1, 0.15) is 23.7 Å². The van der Waals surface area contributed by atoms with E-state index in [1.807, 2.05) is 49.5 Å². The van der Waals surface area contributed by atoms with Crippen LogP contribution in [0, 0.1) is 0 Å². The van der Waals surface area contributed by atoms with Crippen LogP contribution >= 0.6 is 0 Å². The van der Waals surface area contributed by atoms with Crippen molar-refractivity contribution in [3.8, 4) is 11.5 Å². The summed E-state index contributed by atoms with van der Waals surface area (Å²) in [6.07, 6.45) is 2.85. The van der Waals surface area contributed by atoms with Crippen molar-refractivity contribution in [2.24, 2.45) is 0 Å². The molecule has 0 atom stereocenters. The van der Waals surface area contributed by atoms with Crippen LogP contribution in [-0.4, -0.2) is 35.1 Å². The summed E-state index contributed by atoms with van der Waals surface area (Å²) in [5, 5.41) is 3.27. The molecule has 2 heterocycles. The normalized spacial score (nSPS) is 13.6. The molecule has 1 N–H and O–H groups in total. The minimum absolute atomic E-state index is 0.605. The lowest BCUT2D eigenvalue weighted by atomic mass is 10.1. The highest BCUT2D eigenvalue weighted by Gasteiger charge is 2.19. The van der Waals surface area contributed by atoms with Crippen LogP contribution in [0.3, 0.4) is 0 Å². The van der Waals surface area contributed by atoms with Crippen molar-refractivity contribution in [3.05, 3.63) is 71.5 Å². The second kappa shape index (κ2) is 8.92. The third kappa shape index (κ3) is 4.66. The largest absolute Gasteiger partial charge is 0.495 e. The van der Waals surface area contributed by atoms with Crippen LogP contribution in [-0.2, 0) is 19.5 Å². The molecule has 29 heavy (non-hydrogen) atoms. The quantitative estimate of drug-likeness (QED) is 0.653. The van der Waals surface area contributed by atoms with Crippen molar-refractivity contribution in [1.82, 2.24) is 14.9 Å². The molecule has 0 fully saturated rings.